The summed E-state index contributed by atoms with van der Waals surface area (Å²) < 4.78 is 18.8. The molecule has 30 heavy (non-hydrogen) atoms. The molecule has 4 aromatic rings. The molecular weight excluding hydrogens is 401 g/mol. The van der Waals surface area contributed by atoms with E-state index in [2.05, 4.69) is 28.6 Å². The third kappa shape index (κ3) is 4.41. The highest BCUT2D eigenvalue weighted by molar-refractivity contribution is 7.16. The first kappa shape index (κ1) is 19.8. The molecule has 0 saturated heterocycles. The number of rotatable bonds is 7. The third-order valence-electron chi connectivity index (χ3n) is 4.60. The van der Waals surface area contributed by atoms with E-state index in [0.717, 1.165) is 22.4 Å². The lowest BCUT2D eigenvalue weighted by Gasteiger charge is -2.21. The lowest BCUT2D eigenvalue weighted by Crippen LogP contribution is -2.16. The Bertz CT molecular complexity index is 1110. The van der Waals surface area contributed by atoms with Gasteiger partial charge in [0.05, 0.1) is 12.3 Å². The number of furan rings is 1. The fourth-order valence-electron chi connectivity index (χ4n) is 3.11. The number of nitrogens with zero attached hydrogens (tertiary/aromatic N) is 1. The summed E-state index contributed by atoms with van der Waals surface area (Å²) in [7, 11) is 0. The zero-order valence-electron chi connectivity index (χ0n) is 16.3. The van der Waals surface area contributed by atoms with E-state index in [9.17, 15) is 9.18 Å². The van der Waals surface area contributed by atoms with Crippen molar-refractivity contribution < 1.29 is 13.6 Å². The van der Waals surface area contributed by atoms with Crippen LogP contribution in [0, 0.1) is 5.82 Å². The van der Waals surface area contributed by atoms with Crippen LogP contribution < -0.4 is 10.6 Å². The second kappa shape index (κ2) is 8.92. The van der Waals surface area contributed by atoms with Gasteiger partial charge in [-0.3, -0.25) is 4.79 Å². The van der Waals surface area contributed by atoms with E-state index >= 15 is 0 Å². The summed E-state index contributed by atoms with van der Waals surface area (Å²) >= 11 is 1.51. The molecule has 0 aliphatic carbocycles. The van der Waals surface area contributed by atoms with E-state index < -0.39 is 0 Å². The summed E-state index contributed by atoms with van der Waals surface area (Å²) in [5.74, 6) is 0.297. The predicted octanol–water partition coefficient (Wildman–Crippen LogP) is 5.89. The molecule has 0 bridgehead atoms. The standard InChI is InChI=1S/C23H20FN3O2S/c1-2-17-14-18(23(30-17)27-22(28)19-6-5-13-29-19)21(15-8-10-16(24)11-9-15)26-20-7-3-4-12-25-20/h3-14,21H,2H2,1H3,(H,25,26)(H,27,28)/t21-/m0/s1. The largest absolute Gasteiger partial charge is 0.459 e. The van der Waals surface area contributed by atoms with E-state index in [-0.39, 0.29) is 23.5 Å². The Morgan fingerprint density at radius 3 is 2.67 bits per heavy atom. The Morgan fingerprint density at radius 2 is 2.00 bits per heavy atom. The van der Waals surface area contributed by atoms with Gasteiger partial charge in [-0.05, 0) is 54.4 Å². The SMILES string of the molecule is CCc1cc([C@@H](Nc2ccccn2)c2ccc(F)cc2)c(NC(=O)c2ccco2)s1. The third-order valence-corrected chi connectivity index (χ3v) is 5.81. The van der Waals surface area contributed by atoms with Crippen LogP contribution in [-0.2, 0) is 6.42 Å². The number of hydrogen-bond donors (Lipinski definition) is 2. The summed E-state index contributed by atoms with van der Waals surface area (Å²) in [5, 5.41) is 7.10. The van der Waals surface area contributed by atoms with Crippen molar-refractivity contribution in [1.29, 1.82) is 0 Å². The fourth-order valence-corrected chi connectivity index (χ4v) is 4.14. The molecule has 1 aromatic carbocycles. The van der Waals surface area contributed by atoms with Crippen LogP contribution in [0.4, 0.5) is 15.2 Å². The molecule has 1 atom stereocenters. The Kier molecular flexibility index (Phi) is 5.90. The van der Waals surface area contributed by atoms with Gasteiger partial charge in [0, 0.05) is 16.6 Å². The van der Waals surface area contributed by atoms with Crippen LogP contribution in [0.5, 0.6) is 0 Å². The monoisotopic (exact) mass is 421 g/mol. The van der Waals surface area contributed by atoms with E-state index in [1.807, 2.05) is 18.2 Å². The number of aryl methyl sites for hydroxylation is 1. The van der Waals surface area contributed by atoms with E-state index in [0.29, 0.717) is 10.8 Å². The van der Waals surface area contributed by atoms with Crippen molar-refractivity contribution in [2.45, 2.75) is 19.4 Å². The topological polar surface area (TPSA) is 67.2 Å². The maximum absolute atomic E-state index is 13.5. The van der Waals surface area contributed by atoms with E-state index in [4.69, 9.17) is 4.42 Å². The van der Waals surface area contributed by atoms with Gasteiger partial charge >= 0.3 is 0 Å². The molecular formula is C23H20FN3O2S. The fraction of sp³-hybridized carbons (Fsp3) is 0.130. The predicted molar refractivity (Wildman–Crippen MR) is 116 cm³/mol. The molecule has 152 valence electrons. The number of aromatic nitrogens is 1. The number of pyridine rings is 1. The molecule has 3 heterocycles. The number of carbonyl (C=O) groups is 1. The number of amides is 1. The number of benzene rings is 1. The van der Waals surface area contributed by atoms with Crippen molar-refractivity contribution in [2.24, 2.45) is 0 Å². The molecule has 0 radical (unpaired) electrons. The summed E-state index contributed by atoms with van der Waals surface area (Å²) in [5.41, 5.74) is 1.74. The van der Waals surface area contributed by atoms with Crippen molar-refractivity contribution in [1.82, 2.24) is 4.98 Å². The number of thiophene rings is 1. The van der Waals surface area contributed by atoms with Gasteiger partial charge in [0.2, 0.25) is 0 Å². The molecule has 0 aliphatic rings. The molecule has 2 N–H and O–H groups in total. The van der Waals surface area contributed by atoms with Crippen LogP contribution in [0.2, 0.25) is 0 Å². The Morgan fingerprint density at radius 1 is 1.17 bits per heavy atom. The van der Waals surface area contributed by atoms with Crippen LogP contribution in [0.1, 0.15) is 39.5 Å². The van der Waals surface area contributed by atoms with Gasteiger partial charge in [-0.25, -0.2) is 9.37 Å². The number of halogens is 1. The Hall–Kier alpha value is -3.45. The minimum absolute atomic E-state index is 0.239. The number of anilines is 2. The number of nitrogens with one attached hydrogen (secondary N) is 2. The molecule has 1 amide bonds. The minimum atomic E-state index is -0.330. The summed E-state index contributed by atoms with van der Waals surface area (Å²) in [6.45, 7) is 2.06. The highest BCUT2D eigenvalue weighted by Gasteiger charge is 2.23. The quantitative estimate of drug-likeness (QED) is 0.390. The zero-order chi connectivity index (χ0) is 20.9. The van der Waals surface area contributed by atoms with Crippen molar-refractivity contribution in [2.75, 3.05) is 10.6 Å². The maximum atomic E-state index is 13.5. The average molecular weight is 421 g/mol. The first-order valence-electron chi connectivity index (χ1n) is 9.54. The first-order valence-corrected chi connectivity index (χ1v) is 10.4. The highest BCUT2D eigenvalue weighted by Crippen LogP contribution is 2.38. The molecule has 5 nitrogen and oxygen atoms in total. The highest BCUT2D eigenvalue weighted by atomic mass is 32.1. The summed E-state index contributed by atoms with van der Waals surface area (Å²) in [6.07, 6.45) is 3.99. The maximum Gasteiger partial charge on any atom is 0.291 e. The van der Waals surface area contributed by atoms with E-state index in [1.165, 1.54) is 29.7 Å². The zero-order valence-corrected chi connectivity index (χ0v) is 17.1. The van der Waals surface area contributed by atoms with Crippen LogP contribution in [0.25, 0.3) is 0 Å². The van der Waals surface area contributed by atoms with Gasteiger partial charge in [0.25, 0.3) is 5.91 Å². The van der Waals surface area contributed by atoms with Gasteiger partial charge in [-0.1, -0.05) is 25.1 Å². The van der Waals surface area contributed by atoms with Gasteiger partial charge in [-0.2, -0.15) is 0 Å². The number of hydrogen-bond acceptors (Lipinski definition) is 5. The van der Waals surface area contributed by atoms with Crippen LogP contribution in [0.15, 0.2) is 77.5 Å². The first-order chi connectivity index (χ1) is 14.6. The minimum Gasteiger partial charge on any atom is -0.459 e. The molecule has 0 unspecified atom stereocenters. The second-order valence-electron chi connectivity index (χ2n) is 6.63. The summed E-state index contributed by atoms with van der Waals surface area (Å²) in [6, 6.07) is 16.9. The van der Waals surface area contributed by atoms with Crippen molar-refractivity contribution in [3.8, 4) is 0 Å². The smallest absolute Gasteiger partial charge is 0.291 e. The van der Waals surface area contributed by atoms with Gasteiger partial charge in [0.15, 0.2) is 5.76 Å². The normalized spacial score (nSPS) is 11.8. The van der Waals surface area contributed by atoms with Crippen molar-refractivity contribution in [3.05, 3.63) is 101 Å². The van der Waals surface area contributed by atoms with Crippen LogP contribution in [-0.4, -0.2) is 10.9 Å². The van der Waals surface area contributed by atoms with Crippen LogP contribution in [0.3, 0.4) is 0 Å². The van der Waals surface area contributed by atoms with Crippen molar-refractivity contribution >= 4 is 28.1 Å². The van der Waals surface area contributed by atoms with Crippen LogP contribution >= 0.6 is 11.3 Å². The molecule has 0 fully saturated rings. The van der Waals surface area contributed by atoms with Crippen molar-refractivity contribution in [3.63, 3.8) is 0 Å². The molecule has 7 heteroatoms. The average Bonchev–Trinajstić information content (AvgIpc) is 3.44. The lowest BCUT2D eigenvalue weighted by molar-refractivity contribution is 0.0997. The Labute approximate surface area is 177 Å². The molecule has 0 spiro atoms. The van der Waals surface area contributed by atoms with Gasteiger partial charge in [0.1, 0.15) is 16.6 Å². The van der Waals surface area contributed by atoms with Gasteiger partial charge in [-0.15, -0.1) is 11.3 Å². The lowest BCUT2D eigenvalue weighted by atomic mass is 9.99. The molecule has 4 rings (SSSR count). The van der Waals surface area contributed by atoms with Gasteiger partial charge < -0.3 is 15.1 Å². The number of carbonyl (C=O) groups excluding carboxylic acids is 1. The Balaban J connectivity index is 1.74. The molecule has 0 aliphatic heterocycles. The van der Waals surface area contributed by atoms with E-state index in [1.54, 1.807) is 30.5 Å². The summed E-state index contributed by atoms with van der Waals surface area (Å²) in [4.78, 5) is 18.1. The molecule has 3 aromatic heterocycles. The second-order valence-corrected chi connectivity index (χ2v) is 7.76. The molecule has 0 saturated carbocycles.